The number of carbonyl (C=O) groups excluding carboxylic acids is 4. The molecule has 4 amide bonds. The molecule has 6 aromatic rings. The first-order chi connectivity index (χ1) is 33.1. The highest BCUT2D eigenvalue weighted by atomic mass is 35.5. The highest BCUT2D eigenvalue weighted by Gasteiger charge is 2.39. The lowest BCUT2D eigenvalue weighted by Crippen LogP contribution is -2.52. The number of anilines is 3. The molecule has 0 radical (unpaired) electrons. The van der Waals surface area contributed by atoms with Gasteiger partial charge < -0.3 is 30.3 Å². The van der Waals surface area contributed by atoms with E-state index in [1.54, 1.807) is 47.3 Å². The van der Waals surface area contributed by atoms with Crippen LogP contribution in [-0.2, 0) is 43.5 Å². The molecule has 20 heteroatoms. The van der Waals surface area contributed by atoms with E-state index < -0.39 is 23.6 Å². The Kier molecular flexibility index (Phi) is 13.9. The molecule has 1 unspecified atom stereocenters. The normalized spacial score (nSPS) is 15.3. The number of rotatable bonds is 18. The van der Waals surface area contributed by atoms with E-state index in [2.05, 4.69) is 41.6 Å². The second-order valence-electron chi connectivity index (χ2n) is 16.1. The molecule has 1 atom stereocenters. The topological polar surface area (TPSA) is 207 Å². The van der Waals surface area contributed by atoms with Gasteiger partial charge in [-0.05, 0) is 66.6 Å². The molecule has 3 aliphatic heterocycles. The number of benzene rings is 4. The molecule has 68 heavy (non-hydrogen) atoms. The predicted molar refractivity (Wildman–Crippen MR) is 247 cm³/mol. The molecule has 5 heterocycles. The zero-order chi connectivity index (χ0) is 47.1. The first-order valence-electron chi connectivity index (χ1n) is 21.9. The molecule has 0 spiro atoms. The van der Waals surface area contributed by atoms with E-state index in [9.17, 15) is 28.0 Å². The van der Waals surface area contributed by atoms with Crippen molar-refractivity contribution in [2.24, 2.45) is 4.99 Å². The summed E-state index contributed by atoms with van der Waals surface area (Å²) >= 11 is 6.36. The molecule has 2 aromatic heterocycles. The molecule has 3 aliphatic rings. The summed E-state index contributed by atoms with van der Waals surface area (Å²) in [5.74, 6) is -2.45. The van der Waals surface area contributed by atoms with Crippen LogP contribution in [0, 0.1) is 11.6 Å². The number of carbonyl (C=O) groups is 4. The first-order valence-corrected chi connectivity index (χ1v) is 22.3. The van der Waals surface area contributed by atoms with Crippen LogP contribution >= 0.6 is 11.6 Å². The van der Waals surface area contributed by atoms with Gasteiger partial charge in [-0.15, -0.1) is 5.10 Å². The van der Waals surface area contributed by atoms with E-state index in [4.69, 9.17) is 26.1 Å². The van der Waals surface area contributed by atoms with Crippen LogP contribution in [0.3, 0.4) is 0 Å². The first kappa shape index (κ1) is 45.8. The zero-order valence-corrected chi connectivity index (χ0v) is 37.2. The number of hydrogen-bond acceptors (Lipinski definition) is 13. The lowest BCUT2D eigenvalue weighted by molar-refractivity contribution is -0.137. The Hall–Kier alpha value is -7.32. The summed E-state index contributed by atoms with van der Waals surface area (Å²) in [7, 11) is 0. The Labute approximate surface area is 393 Å². The van der Waals surface area contributed by atoms with Crippen molar-refractivity contribution in [1.29, 1.82) is 0 Å². The monoisotopic (exact) mass is 943 g/mol. The Morgan fingerprint density at radius 2 is 1.65 bits per heavy atom. The van der Waals surface area contributed by atoms with Gasteiger partial charge in [0.15, 0.2) is 0 Å². The van der Waals surface area contributed by atoms with E-state index in [0.29, 0.717) is 95.3 Å². The molecule has 348 valence electrons. The van der Waals surface area contributed by atoms with Crippen molar-refractivity contribution in [3.8, 4) is 22.5 Å². The minimum atomic E-state index is -0.725. The average molecular weight is 944 g/mol. The Bertz CT molecular complexity index is 2910. The molecule has 4 N–H and O–H groups in total. The van der Waals surface area contributed by atoms with E-state index in [1.165, 1.54) is 23.1 Å². The summed E-state index contributed by atoms with van der Waals surface area (Å²) in [5, 5.41) is 20.7. The fourth-order valence-electron chi connectivity index (χ4n) is 8.14. The lowest BCUT2D eigenvalue weighted by atomic mass is 9.95. The van der Waals surface area contributed by atoms with Gasteiger partial charge in [-0.2, -0.15) is 0 Å². The number of aromatic nitrogens is 5. The van der Waals surface area contributed by atoms with Gasteiger partial charge in [-0.3, -0.25) is 34.2 Å². The van der Waals surface area contributed by atoms with Gasteiger partial charge in [0.05, 0.1) is 69.1 Å². The SMILES string of the molecule is O=C1CCC(N2Cc3cc(NC(=O)CCOCCOCCNCCn4cc(-c5ccc(Nc6ncc7c(n6)-c6ccc(Cl)cc6C(c6c(F)cccc6F)=NC7)cc5)nn4)ccc3C2=O)C(=O)N1. The van der Waals surface area contributed by atoms with Gasteiger partial charge >= 0.3 is 0 Å². The summed E-state index contributed by atoms with van der Waals surface area (Å²) in [6, 6.07) is 20.7. The van der Waals surface area contributed by atoms with Crippen molar-refractivity contribution in [3.05, 3.63) is 136 Å². The molecule has 1 saturated heterocycles. The van der Waals surface area contributed by atoms with Crippen LogP contribution in [0.4, 0.5) is 26.1 Å². The maximum Gasteiger partial charge on any atom is 0.255 e. The number of nitrogens with one attached hydrogen (secondary N) is 4. The highest BCUT2D eigenvalue weighted by Crippen LogP contribution is 2.35. The smallest absolute Gasteiger partial charge is 0.255 e. The fraction of sp³-hybridized carbons (Fsp3) is 0.271. The van der Waals surface area contributed by atoms with Crippen LogP contribution < -0.4 is 21.3 Å². The number of fused-ring (bicyclic) bond motifs is 4. The number of piperidine rings is 1. The van der Waals surface area contributed by atoms with Crippen LogP contribution in [0.15, 0.2) is 96.2 Å². The third-order valence-electron chi connectivity index (χ3n) is 11.5. The number of hydrogen-bond donors (Lipinski definition) is 4. The molecule has 4 aromatic carbocycles. The van der Waals surface area contributed by atoms with E-state index in [1.807, 2.05) is 30.5 Å². The van der Waals surface area contributed by atoms with Crippen LogP contribution in [-0.4, -0.2) is 105 Å². The number of imide groups is 1. The van der Waals surface area contributed by atoms with E-state index >= 15 is 0 Å². The van der Waals surface area contributed by atoms with Gasteiger partial charge in [0.25, 0.3) is 5.91 Å². The fourth-order valence-corrected chi connectivity index (χ4v) is 8.31. The summed E-state index contributed by atoms with van der Waals surface area (Å²) in [6.07, 6.45) is 4.12. The second-order valence-corrected chi connectivity index (χ2v) is 16.6. The van der Waals surface area contributed by atoms with Crippen molar-refractivity contribution in [1.82, 2.24) is 40.5 Å². The Morgan fingerprint density at radius 1 is 0.868 bits per heavy atom. The van der Waals surface area contributed by atoms with Crippen molar-refractivity contribution in [2.45, 2.75) is 44.9 Å². The molecule has 17 nitrogen and oxygen atoms in total. The number of ether oxygens (including phenoxy) is 2. The quantitative estimate of drug-likeness (QED) is 0.0593. The van der Waals surface area contributed by atoms with Gasteiger partial charge in [-0.25, -0.2) is 18.7 Å². The summed E-state index contributed by atoms with van der Waals surface area (Å²) in [6.45, 7) is 3.57. The van der Waals surface area contributed by atoms with Crippen molar-refractivity contribution >= 4 is 58.3 Å². The molecule has 0 aliphatic carbocycles. The van der Waals surface area contributed by atoms with Gasteiger partial charge in [-0.1, -0.05) is 41.1 Å². The van der Waals surface area contributed by atoms with Crippen molar-refractivity contribution < 1.29 is 37.4 Å². The third kappa shape index (κ3) is 10.5. The molecular formula is C48H44ClF2N11O6. The predicted octanol–water partition coefficient (Wildman–Crippen LogP) is 5.84. The zero-order valence-electron chi connectivity index (χ0n) is 36.4. The van der Waals surface area contributed by atoms with Crippen LogP contribution in [0.25, 0.3) is 22.5 Å². The standard InChI is InChI=1S/C48H44ClF2N11O6/c49-31-6-10-35-36(23-31)45(43-37(50)2-1-3-38(43)51)53-24-30-25-54-48(58-44(30)35)56-32-7-4-28(5-8-32)39-27-61(60-59-39)17-15-52-16-19-68-21-20-67-18-14-42(64)55-33-9-11-34-29(22-33)26-62(47(34)66)40-12-13-41(63)57-46(40)65/h1-11,22-23,25,27,40,52H,12-21,24,26H2,(H,55,64)(H,54,56,58)(H,57,63,65). The van der Waals surface area contributed by atoms with Crippen LogP contribution in [0.2, 0.25) is 5.02 Å². The summed E-state index contributed by atoms with van der Waals surface area (Å²) < 4.78 is 42.9. The van der Waals surface area contributed by atoms with Crippen LogP contribution in [0.1, 0.15) is 51.9 Å². The average Bonchev–Trinajstić information content (AvgIpc) is 3.89. The number of halogens is 3. The number of aliphatic imine (C=N–C) groups is 1. The highest BCUT2D eigenvalue weighted by molar-refractivity contribution is 6.31. The summed E-state index contributed by atoms with van der Waals surface area (Å²) in [5.41, 5.74) is 6.29. The van der Waals surface area contributed by atoms with E-state index in [-0.39, 0.29) is 68.0 Å². The second kappa shape index (κ2) is 20.7. The van der Waals surface area contributed by atoms with Crippen molar-refractivity contribution in [2.75, 3.05) is 50.2 Å². The minimum absolute atomic E-state index is 0.111. The molecule has 9 rings (SSSR count). The van der Waals surface area contributed by atoms with Gasteiger partial charge in [0.1, 0.15) is 23.4 Å². The lowest BCUT2D eigenvalue weighted by Gasteiger charge is -2.29. The minimum Gasteiger partial charge on any atom is -0.379 e. The van der Waals surface area contributed by atoms with Gasteiger partial charge in [0.2, 0.25) is 23.7 Å². The summed E-state index contributed by atoms with van der Waals surface area (Å²) in [4.78, 5) is 64.6. The molecular weight excluding hydrogens is 900 g/mol. The molecule has 0 bridgehead atoms. The van der Waals surface area contributed by atoms with Gasteiger partial charge in [0, 0.05) is 76.5 Å². The molecule has 0 saturated carbocycles. The van der Waals surface area contributed by atoms with E-state index in [0.717, 1.165) is 11.3 Å². The van der Waals surface area contributed by atoms with Crippen molar-refractivity contribution in [3.63, 3.8) is 0 Å². The largest absolute Gasteiger partial charge is 0.379 e. The maximum atomic E-state index is 14.9. The number of amides is 4. The van der Waals surface area contributed by atoms with Crippen LogP contribution in [0.5, 0.6) is 0 Å². The third-order valence-corrected chi connectivity index (χ3v) is 11.8. The molecule has 1 fully saturated rings. The Morgan fingerprint density at radius 3 is 2.46 bits per heavy atom. The maximum absolute atomic E-state index is 14.9. The Balaban J connectivity index is 0.662. The number of nitrogens with zero attached hydrogens (tertiary/aromatic N) is 7.